The fourth-order valence-corrected chi connectivity index (χ4v) is 4.97. The Morgan fingerprint density at radius 1 is 1.48 bits per heavy atom. The normalized spacial score (nSPS) is 15.4. The molecule has 0 radical (unpaired) electrons. The molecule has 7 heteroatoms. The van der Waals surface area contributed by atoms with Crippen LogP contribution in [0.4, 0.5) is 0 Å². The van der Waals surface area contributed by atoms with Crippen LogP contribution in [0.1, 0.15) is 32.1 Å². The minimum absolute atomic E-state index is 0.0678. The van der Waals surface area contributed by atoms with Crippen LogP contribution in [0.3, 0.4) is 0 Å². The Bertz CT molecular complexity index is 821. The number of allylic oxidation sites excluding steroid dienone is 1. The third-order valence-corrected chi connectivity index (χ3v) is 6.47. The molecule has 1 fully saturated rings. The number of carbonyl (C=O) groups is 1. The molecule has 2 heterocycles. The largest absolute Gasteiger partial charge is 0.342 e. The molecule has 0 aliphatic heterocycles. The van der Waals surface area contributed by atoms with Gasteiger partial charge in [0.05, 0.1) is 11.1 Å². The van der Waals surface area contributed by atoms with Gasteiger partial charge in [-0.05, 0) is 24.3 Å². The van der Waals surface area contributed by atoms with Gasteiger partial charge in [0.25, 0.3) is 5.56 Å². The lowest BCUT2D eigenvalue weighted by Gasteiger charge is -2.31. The Kier molecular flexibility index (Phi) is 5.96. The predicted molar refractivity (Wildman–Crippen MR) is 104 cm³/mol. The second-order valence-corrected chi connectivity index (χ2v) is 8.16. The molecular weight excluding hydrogens is 354 g/mol. The van der Waals surface area contributed by atoms with Crippen LogP contribution in [0.25, 0.3) is 10.2 Å². The summed E-state index contributed by atoms with van der Waals surface area (Å²) in [5, 5.41) is 3.08. The average molecular weight is 378 g/mol. The van der Waals surface area contributed by atoms with E-state index in [1.54, 1.807) is 16.7 Å². The lowest BCUT2D eigenvalue weighted by Crippen LogP contribution is -2.39. The van der Waals surface area contributed by atoms with Crippen LogP contribution in [0.5, 0.6) is 0 Å². The summed E-state index contributed by atoms with van der Waals surface area (Å²) in [7, 11) is 1.89. The Morgan fingerprint density at radius 2 is 2.24 bits per heavy atom. The molecule has 134 valence electrons. The molecule has 0 bridgehead atoms. The predicted octanol–water partition coefficient (Wildman–Crippen LogP) is 3.53. The first kappa shape index (κ1) is 18.2. The van der Waals surface area contributed by atoms with Crippen molar-refractivity contribution in [2.24, 2.45) is 0 Å². The minimum Gasteiger partial charge on any atom is -0.342 e. The molecule has 2 aromatic heterocycles. The number of amides is 1. The number of thiophene rings is 1. The van der Waals surface area contributed by atoms with Gasteiger partial charge in [0.15, 0.2) is 5.16 Å². The van der Waals surface area contributed by atoms with Gasteiger partial charge in [-0.25, -0.2) is 4.98 Å². The summed E-state index contributed by atoms with van der Waals surface area (Å²) in [5.41, 5.74) is -0.0678. The van der Waals surface area contributed by atoms with Gasteiger partial charge in [-0.2, -0.15) is 0 Å². The highest BCUT2D eigenvalue weighted by Crippen LogP contribution is 2.24. The number of rotatable bonds is 6. The molecule has 1 aliphatic carbocycles. The molecule has 0 aromatic carbocycles. The zero-order valence-electron chi connectivity index (χ0n) is 14.4. The van der Waals surface area contributed by atoms with Crippen molar-refractivity contribution < 1.29 is 4.79 Å². The molecule has 0 unspecified atom stereocenters. The monoisotopic (exact) mass is 377 g/mol. The van der Waals surface area contributed by atoms with Crippen LogP contribution >= 0.6 is 23.1 Å². The highest BCUT2D eigenvalue weighted by molar-refractivity contribution is 7.99. The molecular formula is C18H23N3O2S2. The zero-order valence-corrected chi connectivity index (χ0v) is 16.1. The Balaban J connectivity index is 1.75. The van der Waals surface area contributed by atoms with Gasteiger partial charge in [-0.15, -0.1) is 17.9 Å². The van der Waals surface area contributed by atoms with Gasteiger partial charge in [-0.3, -0.25) is 14.2 Å². The minimum atomic E-state index is -0.0678. The van der Waals surface area contributed by atoms with Crippen LogP contribution in [0.2, 0.25) is 0 Å². The van der Waals surface area contributed by atoms with Crippen LogP contribution in [-0.2, 0) is 11.3 Å². The molecule has 0 saturated heterocycles. The molecule has 25 heavy (non-hydrogen) atoms. The maximum absolute atomic E-state index is 12.6. The average Bonchev–Trinajstić information content (AvgIpc) is 3.11. The number of fused-ring (bicyclic) bond motifs is 1. The summed E-state index contributed by atoms with van der Waals surface area (Å²) in [6.45, 7) is 4.12. The SMILES string of the molecule is C=CCn1c(SCC(=O)N(C)C2CCCCC2)nc2sccc2c1=O. The molecule has 0 spiro atoms. The van der Waals surface area contributed by atoms with E-state index in [2.05, 4.69) is 11.6 Å². The fraction of sp³-hybridized carbons (Fsp3) is 0.500. The van der Waals surface area contributed by atoms with E-state index in [0.29, 0.717) is 28.9 Å². The first-order chi connectivity index (χ1) is 12.1. The number of carbonyl (C=O) groups excluding carboxylic acids is 1. The molecule has 1 aliphatic rings. The summed E-state index contributed by atoms with van der Waals surface area (Å²) in [4.78, 5) is 32.3. The van der Waals surface area contributed by atoms with Crippen LogP contribution < -0.4 is 5.56 Å². The summed E-state index contributed by atoms with van der Waals surface area (Å²) in [6.07, 6.45) is 7.53. The summed E-state index contributed by atoms with van der Waals surface area (Å²) in [5.74, 6) is 0.399. The van der Waals surface area contributed by atoms with Gasteiger partial charge in [0.2, 0.25) is 5.91 Å². The lowest BCUT2D eigenvalue weighted by molar-refractivity contribution is -0.129. The second kappa shape index (κ2) is 8.19. The molecule has 0 N–H and O–H groups in total. The van der Waals surface area contributed by atoms with E-state index in [1.165, 1.54) is 42.4 Å². The van der Waals surface area contributed by atoms with Gasteiger partial charge in [-0.1, -0.05) is 37.1 Å². The Hall–Kier alpha value is -1.60. The number of hydrogen-bond acceptors (Lipinski definition) is 5. The maximum Gasteiger partial charge on any atom is 0.263 e. The van der Waals surface area contributed by atoms with Crippen molar-refractivity contribution in [2.75, 3.05) is 12.8 Å². The van der Waals surface area contributed by atoms with Gasteiger partial charge in [0, 0.05) is 19.6 Å². The van der Waals surface area contributed by atoms with E-state index in [9.17, 15) is 9.59 Å². The molecule has 3 rings (SSSR count). The topological polar surface area (TPSA) is 55.2 Å². The molecule has 1 saturated carbocycles. The van der Waals surface area contributed by atoms with Crippen molar-refractivity contribution >= 4 is 39.2 Å². The maximum atomic E-state index is 12.6. The van der Waals surface area contributed by atoms with E-state index in [0.717, 1.165) is 17.7 Å². The molecule has 0 atom stereocenters. The van der Waals surface area contributed by atoms with Crippen LogP contribution in [0, 0.1) is 0 Å². The molecule has 2 aromatic rings. The smallest absolute Gasteiger partial charge is 0.263 e. The highest BCUT2D eigenvalue weighted by atomic mass is 32.2. The first-order valence-electron chi connectivity index (χ1n) is 8.59. The lowest BCUT2D eigenvalue weighted by atomic mass is 9.94. The van der Waals surface area contributed by atoms with Crippen molar-refractivity contribution in [3.8, 4) is 0 Å². The van der Waals surface area contributed by atoms with Crippen molar-refractivity contribution in [1.82, 2.24) is 14.5 Å². The Labute approximate surface area is 155 Å². The van der Waals surface area contributed by atoms with E-state index >= 15 is 0 Å². The van der Waals surface area contributed by atoms with Crippen molar-refractivity contribution in [3.63, 3.8) is 0 Å². The quantitative estimate of drug-likeness (QED) is 0.439. The van der Waals surface area contributed by atoms with Crippen molar-refractivity contribution in [1.29, 1.82) is 0 Å². The number of hydrogen-bond donors (Lipinski definition) is 0. The van der Waals surface area contributed by atoms with Crippen LogP contribution in [-0.4, -0.2) is 39.2 Å². The highest BCUT2D eigenvalue weighted by Gasteiger charge is 2.22. The van der Waals surface area contributed by atoms with E-state index in [1.807, 2.05) is 17.3 Å². The van der Waals surface area contributed by atoms with E-state index in [-0.39, 0.29) is 11.5 Å². The van der Waals surface area contributed by atoms with E-state index in [4.69, 9.17) is 0 Å². The van der Waals surface area contributed by atoms with Crippen molar-refractivity contribution in [2.45, 2.75) is 49.8 Å². The second-order valence-electron chi connectivity index (χ2n) is 6.32. The Morgan fingerprint density at radius 3 is 2.96 bits per heavy atom. The number of aromatic nitrogens is 2. The summed E-state index contributed by atoms with van der Waals surface area (Å²) in [6, 6.07) is 2.15. The zero-order chi connectivity index (χ0) is 17.8. The first-order valence-corrected chi connectivity index (χ1v) is 10.5. The third kappa shape index (κ3) is 3.98. The van der Waals surface area contributed by atoms with Gasteiger partial charge >= 0.3 is 0 Å². The van der Waals surface area contributed by atoms with Crippen LogP contribution in [0.15, 0.2) is 34.1 Å². The van der Waals surface area contributed by atoms with Crippen molar-refractivity contribution in [3.05, 3.63) is 34.5 Å². The fourth-order valence-electron chi connectivity index (χ4n) is 3.23. The van der Waals surface area contributed by atoms with E-state index < -0.39 is 0 Å². The standard InChI is InChI=1S/C18H23N3O2S2/c1-3-10-21-17(23)14-9-11-24-16(14)19-18(21)25-12-15(22)20(2)13-7-5-4-6-8-13/h3,9,11,13H,1,4-8,10,12H2,2H3. The van der Waals surface area contributed by atoms with Gasteiger partial charge in [0.1, 0.15) is 4.83 Å². The third-order valence-electron chi connectivity index (χ3n) is 4.70. The number of nitrogens with zero attached hydrogens (tertiary/aromatic N) is 3. The molecule has 1 amide bonds. The summed E-state index contributed by atoms with van der Waals surface area (Å²) < 4.78 is 1.60. The van der Waals surface area contributed by atoms with Gasteiger partial charge < -0.3 is 4.90 Å². The summed E-state index contributed by atoms with van der Waals surface area (Å²) >= 11 is 2.79. The molecule has 5 nitrogen and oxygen atoms in total. The number of thioether (sulfide) groups is 1.